The number of hydrogen-bond acceptors (Lipinski definition) is 11. The number of carbonyl (C=O) groups is 1. The first-order valence-electron chi connectivity index (χ1n) is 15.6. The molecule has 3 aliphatic rings. The molecule has 45 heavy (non-hydrogen) atoms. The van der Waals surface area contributed by atoms with E-state index in [-0.39, 0.29) is 24.4 Å². The van der Waals surface area contributed by atoms with Crippen LogP contribution in [-0.4, -0.2) is 134 Å². The Balaban J connectivity index is 1.00. The predicted molar refractivity (Wildman–Crippen MR) is 163 cm³/mol. The number of β-amino-alcohol motifs (C(OH)–C–C–N with tert-alkyl or cyclic N) is 1. The highest BCUT2D eigenvalue weighted by Gasteiger charge is 2.55. The number of ether oxygens (including phenoxy) is 1. The van der Waals surface area contributed by atoms with E-state index in [1.165, 1.54) is 6.07 Å². The maximum atomic E-state index is 14.9. The zero-order valence-corrected chi connectivity index (χ0v) is 26.0. The first-order valence-corrected chi connectivity index (χ1v) is 16.0. The van der Waals surface area contributed by atoms with Crippen molar-refractivity contribution >= 4 is 23.5 Å². The fraction of sp³-hybridized carbons (Fsp3) is 0.645. The molecule has 0 saturated carbocycles. The second-order valence-electron chi connectivity index (χ2n) is 12.5. The van der Waals surface area contributed by atoms with Gasteiger partial charge in [-0.2, -0.15) is 0 Å². The summed E-state index contributed by atoms with van der Waals surface area (Å²) in [6.07, 6.45) is 1.70. The summed E-state index contributed by atoms with van der Waals surface area (Å²) in [6.45, 7) is 3.09. The van der Waals surface area contributed by atoms with E-state index in [1.54, 1.807) is 29.4 Å². The van der Waals surface area contributed by atoms with E-state index in [0.717, 1.165) is 45.2 Å². The fourth-order valence-corrected chi connectivity index (χ4v) is 6.68. The van der Waals surface area contributed by atoms with Gasteiger partial charge in [-0.15, -0.1) is 0 Å². The summed E-state index contributed by atoms with van der Waals surface area (Å²) in [5.74, 6) is 1.07. The number of aliphatic hydroxyl groups is 5. The molecule has 1 spiro atoms. The lowest BCUT2D eigenvalue weighted by molar-refractivity contribution is -0.173. The van der Waals surface area contributed by atoms with Gasteiger partial charge in [0.05, 0.1) is 48.7 Å². The minimum Gasteiger partial charge on any atom is -0.493 e. The average Bonchev–Trinajstić information content (AvgIpc) is 3.00. The maximum Gasteiger partial charge on any atom is 0.227 e. The van der Waals surface area contributed by atoms with Crippen molar-refractivity contribution in [1.29, 1.82) is 0 Å². The minimum absolute atomic E-state index is 0.0370. The van der Waals surface area contributed by atoms with Gasteiger partial charge in [-0.1, -0.05) is 17.7 Å². The summed E-state index contributed by atoms with van der Waals surface area (Å²) in [5, 5.41) is 49.1. The summed E-state index contributed by atoms with van der Waals surface area (Å²) < 4.78 is 20.7. The van der Waals surface area contributed by atoms with E-state index in [2.05, 4.69) is 14.9 Å². The van der Waals surface area contributed by atoms with Crippen LogP contribution in [0, 0.1) is 11.7 Å². The van der Waals surface area contributed by atoms with E-state index < -0.39 is 36.8 Å². The van der Waals surface area contributed by atoms with Gasteiger partial charge in [0.25, 0.3) is 0 Å². The summed E-state index contributed by atoms with van der Waals surface area (Å²) in [4.78, 5) is 27.4. The van der Waals surface area contributed by atoms with E-state index in [1.807, 2.05) is 4.90 Å². The predicted octanol–water partition coefficient (Wildman–Crippen LogP) is 0.610. The lowest BCUT2D eigenvalue weighted by Crippen LogP contribution is -2.78. The Morgan fingerprint density at radius 1 is 1.07 bits per heavy atom. The first kappa shape index (κ1) is 33.7. The van der Waals surface area contributed by atoms with Crippen LogP contribution in [-0.2, 0) is 11.2 Å². The number of nitrogens with zero attached hydrogens (tertiary/aromatic N) is 5. The van der Waals surface area contributed by atoms with Gasteiger partial charge in [0, 0.05) is 45.3 Å². The van der Waals surface area contributed by atoms with Crippen molar-refractivity contribution in [2.75, 3.05) is 57.4 Å². The molecule has 3 saturated heterocycles. The van der Waals surface area contributed by atoms with Gasteiger partial charge in [-0.3, -0.25) is 9.69 Å². The highest BCUT2D eigenvalue weighted by molar-refractivity contribution is 6.30. The molecule has 2 aromatic rings. The van der Waals surface area contributed by atoms with Crippen molar-refractivity contribution in [3.63, 3.8) is 0 Å². The number of aromatic nitrogens is 2. The number of likely N-dealkylation sites (tertiary alicyclic amines) is 2. The SMILES string of the molecule is O=C(Cc1ccc(OCCCC2CCN(c3ncc(Cl)cn3)CC2)cc1F)N1CCC12CN(C[C@H](O)[C@@H](O)[C@H](O)[C@H](O)CO)C2. The Bertz CT molecular complexity index is 1280. The summed E-state index contributed by atoms with van der Waals surface area (Å²) >= 11 is 5.88. The molecular formula is C31H43ClFN5O7. The van der Waals surface area contributed by atoms with E-state index in [4.69, 9.17) is 21.4 Å². The molecule has 14 heteroatoms. The van der Waals surface area contributed by atoms with Gasteiger partial charge >= 0.3 is 0 Å². The topological polar surface area (TPSA) is 163 Å². The number of benzene rings is 1. The molecule has 0 unspecified atom stereocenters. The summed E-state index contributed by atoms with van der Waals surface area (Å²) in [5.41, 5.74) is -0.0814. The molecule has 1 aromatic heterocycles. The molecule has 0 radical (unpaired) electrons. The van der Waals surface area contributed by atoms with Crippen LogP contribution in [0.1, 0.15) is 37.7 Å². The number of piperidine rings is 1. The van der Waals surface area contributed by atoms with Crippen molar-refractivity contribution in [2.45, 2.75) is 68.5 Å². The molecule has 1 aromatic carbocycles. The zero-order valence-electron chi connectivity index (χ0n) is 25.2. The summed E-state index contributed by atoms with van der Waals surface area (Å²) in [7, 11) is 0. The maximum absolute atomic E-state index is 14.9. The third kappa shape index (κ3) is 8.02. The summed E-state index contributed by atoms with van der Waals surface area (Å²) in [6, 6.07) is 4.63. The molecule has 5 N–H and O–H groups in total. The molecular weight excluding hydrogens is 609 g/mol. The molecule has 4 heterocycles. The second-order valence-corrected chi connectivity index (χ2v) is 13.0. The van der Waals surface area contributed by atoms with Crippen molar-refractivity contribution in [3.05, 3.63) is 47.0 Å². The molecule has 12 nitrogen and oxygen atoms in total. The lowest BCUT2D eigenvalue weighted by Gasteiger charge is -2.63. The minimum atomic E-state index is -1.68. The van der Waals surface area contributed by atoms with Crippen molar-refractivity contribution in [1.82, 2.24) is 19.8 Å². The largest absolute Gasteiger partial charge is 0.493 e. The highest BCUT2D eigenvalue weighted by Crippen LogP contribution is 2.40. The Kier molecular flexibility index (Phi) is 11.1. The van der Waals surface area contributed by atoms with Crippen LogP contribution in [0.15, 0.2) is 30.6 Å². The van der Waals surface area contributed by atoms with Gasteiger partial charge in [-0.05, 0) is 49.7 Å². The third-order valence-electron chi connectivity index (χ3n) is 9.38. The highest BCUT2D eigenvalue weighted by atomic mass is 35.5. The standard InChI is InChI=1S/C31H43ClFN5O7/c32-22-14-34-30(35-15-22)37-8-5-20(6-9-37)2-1-11-45-23-4-3-21(24(33)13-23)12-27(42)38-10-7-31(38)18-36(19-31)16-25(40)28(43)29(44)26(41)17-39/h3-4,13-15,20,25-26,28-29,39-41,43-44H,1-2,5-12,16-19H2/t25-,26+,28+,29+/m0/s1. The van der Waals surface area contributed by atoms with Crippen LogP contribution in [0.25, 0.3) is 0 Å². The van der Waals surface area contributed by atoms with Gasteiger partial charge in [0.2, 0.25) is 11.9 Å². The quantitative estimate of drug-likeness (QED) is 0.182. The van der Waals surface area contributed by atoms with E-state index in [0.29, 0.717) is 54.4 Å². The van der Waals surface area contributed by atoms with Gasteiger partial charge in [0.1, 0.15) is 29.9 Å². The molecule has 4 atom stereocenters. The number of amides is 1. The second kappa shape index (κ2) is 14.8. The number of anilines is 1. The first-order chi connectivity index (χ1) is 21.6. The van der Waals surface area contributed by atoms with Crippen LogP contribution >= 0.6 is 11.6 Å². The molecule has 3 fully saturated rings. The smallest absolute Gasteiger partial charge is 0.227 e. The molecule has 0 bridgehead atoms. The zero-order chi connectivity index (χ0) is 32.1. The van der Waals surface area contributed by atoms with E-state index >= 15 is 0 Å². The Labute approximate surface area is 267 Å². The van der Waals surface area contributed by atoms with Crippen LogP contribution < -0.4 is 9.64 Å². The fourth-order valence-electron chi connectivity index (χ4n) is 6.58. The van der Waals surface area contributed by atoms with Crippen LogP contribution in [0.2, 0.25) is 5.02 Å². The Hall–Kier alpha value is -2.65. The van der Waals surface area contributed by atoms with Crippen LogP contribution in [0.5, 0.6) is 5.75 Å². The third-order valence-corrected chi connectivity index (χ3v) is 9.57. The van der Waals surface area contributed by atoms with Crippen LogP contribution in [0.4, 0.5) is 10.3 Å². The normalized spacial score (nSPS) is 21.1. The molecule has 0 aliphatic carbocycles. The number of rotatable bonds is 14. The number of hydrogen-bond donors (Lipinski definition) is 5. The molecule has 5 rings (SSSR count). The van der Waals surface area contributed by atoms with Crippen molar-refractivity contribution in [3.8, 4) is 5.75 Å². The van der Waals surface area contributed by atoms with Gasteiger partial charge in [0.15, 0.2) is 0 Å². The monoisotopic (exact) mass is 651 g/mol. The molecule has 1 amide bonds. The number of aliphatic hydroxyl groups excluding tert-OH is 5. The van der Waals surface area contributed by atoms with Crippen LogP contribution in [0.3, 0.4) is 0 Å². The average molecular weight is 652 g/mol. The molecule has 248 valence electrons. The van der Waals surface area contributed by atoms with E-state index in [9.17, 15) is 29.6 Å². The number of carbonyl (C=O) groups excluding carboxylic acids is 1. The Morgan fingerprint density at radius 2 is 1.76 bits per heavy atom. The van der Waals surface area contributed by atoms with Gasteiger partial charge < -0.3 is 40.1 Å². The van der Waals surface area contributed by atoms with Gasteiger partial charge in [-0.25, -0.2) is 14.4 Å². The number of halogens is 2. The van der Waals surface area contributed by atoms with Crippen molar-refractivity contribution < 1.29 is 39.5 Å². The molecule has 3 aliphatic heterocycles. The lowest BCUT2D eigenvalue weighted by atomic mass is 9.76. The Morgan fingerprint density at radius 3 is 2.38 bits per heavy atom. The van der Waals surface area contributed by atoms with Crippen molar-refractivity contribution in [2.24, 2.45) is 5.92 Å².